The van der Waals surface area contributed by atoms with E-state index in [4.69, 9.17) is 0 Å². The number of benzene rings is 7. The van der Waals surface area contributed by atoms with Crippen molar-refractivity contribution in [2.24, 2.45) is 0 Å². The third-order valence-corrected chi connectivity index (χ3v) is 11.5. The van der Waals surface area contributed by atoms with E-state index in [9.17, 15) is 0 Å². The SMILES string of the molecule is CC(C)(c1ccccc1)c1ccc(N(c2ccccc2)c2ccc3[se]c4c(ccc5ccc6ccccc6c54)c3c2)cc1. The van der Waals surface area contributed by atoms with Crippen molar-refractivity contribution in [2.45, 2.75) is 19.3 Å². The molecule has 0 aliphatic carbocycles. The van der Waals surface area contributed by atoms with Gasteiger partial charge in [-0.15, -0.1) is 0 Å². The first-order valence-corrected chi connectivity index (χ1v) is 16.6. The molecule has 0 spiro atoms. The van der Waals surface area contributed by atoms with Crippen LogP contribution >= 0.6 is 0 Å². The third kappa shape index (κ3) is 4.38. The minimum absolute atomic E-state index is 0.0797. The number of anilines is 3. The molecule has 0 saturated carbocycles. The molecule has 1 nitrogen and oxygen atoms in total. The second kappa shape index (κ2) is 10.3. The van der Waals surface area contributed by atoms with Crippen LogP contribution in [0, 0.1) is 0 Å². The van der Waals surface area contributed by atoms with E-state index < -0.39 is 0 Å². The molecule has 8 aromatic rings. The molecule has 0 fully saturated rings. The molecule has 0 aliphatic rings. The Labute approximate surface area is 258 Å². The van der Waals surface area contributed by atoms with Gasteiger partial charge in [0.15, 0.2) is 0 Å². The van der Waals surface area contributed by atoms with Crippen molar-refractivity contribution in [3.8, 4) is 0 Å². The van der Waals surface area contributed by atoms with E-state index in [0.717, 1.165) is 11.4 Å². The predicted molar refractivity (Wildman–Crippen MR) is 187 cm³/mol. The summed E-state index contributed by atoms with van der Waals surface area (Å²) < 4.78 is 2.97. The van der Waals surface area contributed by atoms with Crippen LogP contribution in [0.5, 0.6) is 0 Å². The standard InChI is InChI=1S/C41H31NSe/c1-41(2,30-12-5-3-6-13-30)31-20-22-33(23-21-31)42(32-14-7-4-8-15-32)34-24-26-38-37(27-34)36-25-19-29-18-17-28-11-9-10-16-35(28)39(29)40(36)43-38/h3-27H,1-2H3. The molecule has 0 radical (unpaired) electrons. The summed E-state index contributed by atoms with van der Waals surface area (Å²) in [6, 6.07) is 55.7. The zero-order valence-electron chi connectivity index (χ0n) is 24.3. The number of nitrogens with zero attached hydrogens (tertiary/aromatic N) is 1. The summed E-state index contributed by atoms with van der Waals surface area (Å²) in [4.78, 5) is 2.39. The van der Waals surface area contributed by atoms with Gasteiger partial charge in [0, 0.05) is 0 Å². The van der Waals surface area contributed by atoms with Crippen LogP contribution < -0.4 is 4.90 Å². The molecule has 1 heterocycles. The van der Waals surface area contributed by atoms with Gasteiger partial charge in [-0.3, -0.25) is 0 Å². The van der Waals surface area contributed by atoms with Gasteiger partial charge in [0.25, 0.3) is 0 Å². The Hall–Kier alpha value is -4.62. The van der Waals surface area contributed by atoms with Crippen molar-refractivity contribution in [1.29, 1.82) is 0 Å². The summed E-state index contributed by atoms with van der Waals surface area (Å²) in [5.74, 6) is 0. The zero-order chi connectivity index (χ0) is 29.0. The van der Waals surface area contributed by atoms with Gasteiger partial charge >= 0.3 is 241 Å². The van der Waals surface area contributed by atoms with Gasteiger partial charge in [0.2, 0.25) is 0 Å². The molecule has 0 amide bonds. The van der Waals surface area contributed by atoms with Crippen LogP contribution in [-0.4, -0.2) is 14.5 Å². The normalized spacial score (nSPS) is 12.0. The van der Waals surface area contributed by atoms with Gasteiger partial charge in [-0.25, -0.2) is 0 Å². The van der Waals surface area contributed by atoms with Crippen LogP contribution in [0.4, 0.5) is 17.1 Å². The second-order valence-corrected chi connectivity index (χ2v) is 14.0. The monoisotopic (exact) mass is 617 g/mol. The average molecular weight is 617 g/mol. The van der Waals surface area contributed by atoms with E-state index in [1.807, 2.05) is 0 Å². The van der Waals surface area contributed by atoms with Crippen LogP contribution in [0.3, 0.4) is 0 Å². The molecule has 1 aromatic heterocycles. The van der Waals surface area contributed by atoms with Crippen molar-refractivity contribution in [2.75, 3.05) is 4.90 Å². The molecule has 0 bridgehead atoms. The van der Waals surface area contributed by atoms with Crippen molar-refractivity contribution in [1.82, 2.24) is 0 Å². The van der Waals surface area contributed by atoms with Gasteiger partial charge < -0.3 is 0 Å². The van der Waals surface area contributed by atoms with Crippen molar-refractivity contribution in [3.63, 3.8) is 0 Å². The molecule has 8 rings (SSSR count). The average Bonchev–Trinajstić information content (AvgIpc) is 3.44. The molecule has 0 N–H and O–H groups in total. The van der Waals surface area contributed by atoms with Crippen LogP contribution in [-0.2, 0) is 5.41 Å². The molecule has 0 unspecified atom stereocenters. The molecular weight excluding hydrogens is 585 g/mol. The first-order valence-electron chi connectivity index (χ1n) is 14.9. The summed E-state index contributed by atoms with van der Waals surface area (Å²) in [5, 5.41) is 8.17. The Bertz CT molecular complexity index is 2240. The van der Waals surface area contributed by atoms with E-state index in [1.54, 1.807) is 0 Å². The summed E-state index contributed by atoms with van der Waals surface area (Å²) in [7, 11) is 0. The Morgan fingerprint density at radius 3 is 1.86 bits per heavy atom. The molecule has 0 atom stereocenters. The fourth-order valence-corrected chi connectivity index (χ4v) is 9.15. The topological polar surface area (TPSA) is 3.24 Å². The fourth-order valence-electron chi connectivity index (χ4n) is 6.52. The van der Waals surface area contributed by atoms with Gasteiger partial charge in [0.05, 0.1) is 0 Å². The van der Waals surface area contributed by atoms with Gasteiger partial charge in [-0.1, -0.05) is 18.2 Å². The summed E-state index contributed by atoms with van der Waals surface area (Å²) in [5.41, 5.74) is 6.05. The molecule has 43 heavy (non-hydrogen) atoms. The van der Waals surface area contributed by atoms with Gasteiger partial charge in [0.1, 0.15) is 0 Å². The maximum absolute atomic E-state index is 2.41. The first kappa shape index (κ1) is 26.0. The van der Waals surface area contributed by atoms with E-state index in [1.165, 1.54) is 57.7 Å². The molecular formula is C41H31NSe. The number of para-hydroxylation sites is 1. The fraction of sp³-hybridized carbons (Fsp3) is 0.0732. The van der Waals surface area contributed by atoms with Crippen LogP contribution in [0.25, 0.3) is 40.8 Å². The Morgan fingerprint density at radius 2 is 1.07 bits per heavy atom. The zero-order valence-corrected chi connectivity index (χ0v) is 26.0. The van der Waals surface area contributed by atoms with Crippen molar-refractivity contribution >= 4 is 72.4 Å². The summed E-state index contributed by atoms with van der Waals surface area (Å²) in [6.07, 6.45) is 0. The Kier molecular flexibility index (Phi) is 6.22. The number of rotatable bonds is 5. The molecule has 0 aliphatic heterocycles. The third-order valence-electron chi connectivity index (χ3n) is 8.94. The number of hydrogen-bond donors (Lipinski definition) is 0. The van der Waals surface area contributed by atoms with E-state index in [-0.39, 0.29) is 19.9 Å². The van der Waals surface area contributed by atoms with Crippen LogP contribution in [0.2, 0.25) is 0 Å². The number of hydrogen-bond acceptors (Lipinski definition) is 1. The van der Waals surface area contributed by atoms with Crippen LogP contribution in [0.15, 0.2) is 152 Å². The number of fused-ring (bicyclic) bond motifs is 7. The summed E-state index contributed by atoms with van der Waals surface area (Å²) >= 11 is 0.259. The van der Waals surface area contributed by atoms with Gasteiger partial charge in [-0.05, 0) is 0 Å². The molecule has 7 aromatic carbocycles. The molecule has 206 valence electrons. The minimum atomic E-state index is -0.0797. The predicted octanol–water partition coefficient (Wildman–Crippen LogP) is 11.2. The second-order valence-electron chi connectivity index (χ2n) is 11.8. The maximum atomic E-state index is 2.41. The summed E-state index contributed by atoms with van der Waals surface area (Å²) in [6.45, 7) is 4.61. The van der Waals surface area contributed by atoms with E-state index >= 15 is 0 Å². The molecule has 2 heteroatoms. The first-order chi connectivity index (χ1) is 21.1. The van der Waals surface area contributed by atoms with Gasteiger partial charge in [-0.2, -0.15) is 0 Å². The van der Waals surface area contributed by atoms with E-state index in [0.29, 0.717) is 0 Å². The van der Waals surface area contributed by atoms with Crippen molar-refractivity contribution in [3.05, 3.63) is 163 Å². The molecule has 0 saturated heterocycles. The van der Waals surface area contributed by atoms with E-state index in [2.05, 4.69) is 170 Å². The van der Waals surface area contributed by atoms with Crippen molar-refractivity contribution < 1.29 is 0 Å². The van der Waals surface area contributed by atoms with Crippen LogP contribution in [0.1, 0.15) is 25.0 Å². The Balaban J connectivity index is 1.28. The quantitative estimate of drug-likeness (QED) is 0.137. The Morgan fingerprint density at radius 1 is 0.465 bits per heavy atom.